The van der Waals surface area contributed by atoms with Gasteiger partial charge in [0.2, 0.25) is 5.91 Å². The molecule has 1 atom stereocenters. The van der Waals surface area contributed by atoms with Crippen molar-refractivity contribution in [3.8, 4) is 0 Å². The van der Waals surface area contributed by atoms with Crippen LogP contribution in [-0.2, 0) is 17.8 Å². The van der Waals surface area contributed by atoms with E-state index in [-0.39, 0.29) is 11.8 Å². The van der Waals surface area contributed by atoms with Gasteiger partial charge < -0.3 is 14.6 Å². The summed E-state index contributed by atoms with van der Waals surface area (Å²) in [5.74, 6) is 1.25. The van der Waals surface area contributed by atoms with Crippen molar-refractivity contribution in [1.82, 2.24) is 10.2 Å². The lowest BCUT2D eigenvalue weighted by atomic mass is 9.97. The molecule has 3 heterocycles. The minimum absolute atomic E-state index is 0.0876. The highest BCUT2D eigenvalue weighted by Crippen LogP contribution is 2.26. The van der Waals surface area contributed by atoms with Crippen LogP contribution in [0.3, 0.4) is 0 Å². The van der Waals surface area contributed by atoms with Crippen molar-refractivity contribution < 1.29 is 9.21 Å². The van der Waals surface area contributed by atoms with Gasteiger partial charge in [0.1, 0.15) is 5.76 Å². The van der Waals surface area contributed by atoms with Crippen molar-refractivity contribution in [2.24, 2.45) is 5.92 Å². The van der Waals surface area contributed by atoms with Gasteiger partial charge in [0.15, 0.2) is 0 Å². The predicted molar refractivity (Wildman–Crippen MR) is 102 cm³/mol. The third-order valence-electron chi connectivity index (χ3n) is 5.50. The molecule has 1 saturated heterocycles. The molecule has 4 rings (SSSR count). The number of nitrogens with zero attached hydrogens (tertiary/aromatic N) is 2. The highest BCUT2D eigenvalue weighted by molar-refractivity contribution is 5.79. The van der Waals surface area contributed by atoms with Crippen LogP contribution in [0.1, 0.15) is 24.2 Å². The first-order valence-corrected chi connectivity index (χ1v) is 9.65. The molecule has 1 N–H and O–H groups in total. The van der Waals surface area contributed by atoms with Crippen LogP contribution in [0.2, 0.25) is 0 Å². The Morgan fingerprint density at radius 3 is 3.00 bits per heavy atom. The van der Waals surface area contributed by atoms with Crippen molar-refractivity contribution in [3.63, 3.8) is 0 Å². The average Bonchev–Trinajstić information content (AvgIpc) is 3.32. The van der Waals surface area contributed by atoms with Gasteiger partial charge >= 0.3 is 0 Å². The third kappa shape index (κ3) is 3.93. The molecule has 1 aromatic carbocycles. The number of likely N-dealkylation sites (tertiary alicyclic amines) is 1. The maximum atomic E-state index is 12.6. The van der Waals surface area contributed by atoms with Crippen LogP contribution in [0.15, 0.2) is 47.1 Å². The molecule has 0 bridgehead atoms. The number of hydrogen-bond donors (Lipinski definition) is 1. The molecular formula is C21H27N3O2. The molecule has 5 heteroatoms. The summed E-state index contributed by atoms with van der Waals surface area (Å²) >= 11 is 0. The normalized spacial score (nSPS) is 20.2. The lowest BCUT2D eigenvalue weighted by Gasteiger charge is -2.31. The first kappa shape index (κ1) is 17.2. The van der Waals surface area contributed by atoms with E-state index in [1.54, 1.807) is 6.26 Å². The van der Waals surface area contributed by atoms with E-state index in [0.29, 0.717) is 6.54 Å². The van der Waals surface area contributed by atoms with E-state index in [1.165, 1.54) is 11.3 Å². The smallest absolute Gasteiger partial charge is 0.224 e. The predicted octanol–water partition coefficient (Wildman–Crippen LogP) is 2.67. The van der Waals surface area contributed by atoms with E-state index < -0.39 is 0 Å². The molecule has 5 nitrogen and oxygen atoms in total. The lowest BCUT2D eigenvalue weighted by molar-refractivity contribution is -0.126. The van der Waals surface area contributed by atoms with Crippen LogP contribution < -0.4 is 10.2 Å². The summed E-state index contributed by atoms with van der Waals surface area (Å²) in [5.41, 5.74) is 2.74. The fourth-order valence-corrected chi connectivity index (χ4v) is 4.13. The number of rotatable bonds is 6. The molecule has 0 spiro atoms. The van der Waals surface area contributed by atoms with Crippen LogP contribution in [-0.4, -0.2) is 43.5 Å². The largest absolute Gasteiger partial charge is 0.468 e. The van der Waals surface area contributed by atoms with Gasteiger partial charge in [0.25, 0.3) is 0 Å². The zero-order valence-electron chi connectivity index (χ0n) is 15.2. The minimum atomic E-state index is 0.0876. The standard InChI is InChI=1S/C21H27N3O2/c25-21(18-6-3-11-23(15-18)16-19-7-4-14-26-19)22-10-13-24-12-9-17-5-1-2-8-20(17)24/h1-2,4-5,7-8,14,18H,3,6,9-13,15-16H2,(H,22,25)/t18-/m0/s1. The van der Waals surface area contributed by atoms with Crippen LogP contribution in [0, 0.1) is 5.92 Å². The summed E-state index contributed by atoms with van der Waals surface area (Å²) in [6.45, 7) is 5.29. The fraction of sp³-hybridized carbons (Fsp3) is 0.476. The molecule has 2 aromatic rings. The maximum absolute atomic E-state index is 12.6. The summed E-state index contributed by atoms with van der Waals surface area (Å²) in [5, 5.41) is 3.16. The van der Waals surface area contributed by atoms with E-state index >= 15 is 0 Å². The van der Waals surface area contributed by atoms with Gasteiger partial charge in [-0.2, -0.15) is 0 Å². The van der Waals surface area contributed by atoms with Gasteiger partial charge in [0, 0.05) is 31.9 Å². The Morgan fingerprint density at radius 2 is 2.12 bits per heavy atom. The molecular weight excluding hydrogens is 326 g/mol. The Morgan fingerprint density at radius 1 is 1.19 bits per heavy atom. The number of anilines is 1. The third-order valence-corrected chi connectivity index (χ3v) is 5.50. The molecule has 138 valence electrons. The zero-order valence-corrected chi connectivity index (χ0v) is 15.2. The summed E-state index contributed by atoms with van der Waals surface area (Å²) in [7, 11) is 0. The first-order valence-electron chi connectivity index (χ1n) is 9.65. The monoisotopic (exact) mass is 353 g/mol. The van der Waals surface area contributed by atoms with Crippen LogP contribution in [0.5, 0.6) is 0 Å². The SMILES string of the molecule is O=C(NCCN1CCc2ccccc21)[C@H]1CCCN(Cc2ccco2)C1. The number of fused-ring (bicyclic) bond motifs is 1. The highest BCUT2D eigenvalue weighted by atomic mass is 16.3. The van der Waals surface area contributed by atoms with E-state index in [9.17, 15) is 4.79 Å². The second-order valence-corrected chi connectivity index (χ2v) is 7.31. The van der Waals surface area contributed by atoms with Crippen molar-refractivity contribution in [3.05, 3.63) is 54.0 Å². The van der Waals surface area contributed by atoms with Gasteiger partial charge in [0.05, 0.1) is 18.7 Å². The first-order chi connectivity index (χ1) is 12.8. The van der Waals surface area contributed by atoms with E-state index in [1.807, 2.05) is 12.1 Å². The molecule has 1 amide bonds. The Bertz CT molecular complexity index is 729. The average molecular weight is 353 g/mol. The Hall–Kier alpha value is -2.27. The molecule has 2 aliphatic heterocycles. The van der Waals surface area contributed by atoms with Crippen molar-refractivity contribution in [2.75, 3.05) is 37.6 Å². The molecule has 0 aliphatic carbocycles. The summed E-state index contributed by atoms with van der Waals surface area (Å²) in [6, 6.07) is 12.5. The topological polar surface area (TPSA) is 48.7 Å². The lowest BCUT2D eigenvalue weighted by Crippen LogP contribution is -2.44. The van der Waals surface area contributed by atoms with E-state index in [4.69, 9.17) is 4.42 Å². The second kappa shape index (κ2) is 7.96. The second-order valence-electron chi connectivity index (χ2n) is 7.31. The number of carbonyl (C=O) groups is 1. The number of para-hydroxylation sites is 1. The van der Waals surface area contributed by atoms with Crippen LogP contribution >= 0.6 is 0 Å². The maximum Gasteiger partial charge on any atom is 0.224 e. The molecule has 1 aromatic heterocycles. The molecule has 2 aliphatic rings. The summed E-state index contributed by atoms with van der Waals surface area (Å²) < 4.78 is 5.43. The number of furan rings is 1. The summed E-state index contributed by atoms with van der Waals surface area (Å²) in [6.07, 6.45) is 4.86. The Kier molecular flexibility index (Phi) is 5.25. The zero-order chi connectivity index (χ0) is 17.8. The Labute approximate surface area is 155 Å². The Balaban J connectivity index is 1.23. The number of carbonyl (C=O) groups excluding carboxylic acids is 1. The number of benzene rings is 1. The van der Waals surface area contributed by atoms with Crippen molar-refractivity contribution >= 4 is 11.6 Å². The van der Waals surface area contributed by atoms with Gasteiger partial charge in [-0.05, 0) is 49.6 Å². The van der Waals surface area contributed by atoms with Gasteiger partial charge in [-0.3, -0.25) is 9.69 Å². The number of piperidine rings is 1. The molecule has 0 unspecified atom stereocenters. The number of hydrogen-bond acceptors (Lipinski definition) is 4. The van der Waals surface area contributed by atoms with E-state index in [2.05, 4.69) is 39.4 Å². The molecule has 0 saturated carbocycles. The minimum Gasteiger partial charge on any atom is -0.468 e. The van der Waals surface area contributed by atoms with E-state index in [0.717, 1.165) is 57.7 Å². The van der Waals surface area contributed by atoms with Gasteiger partial charge in [-0.15, -0.1) is 0 Å². The van der Waals surface area contributed by atoms with Gasteiger partial charge in [-0.25, -0.2) is 0 Å². The van der Waals surface area contributed by atoms with Crippen LogP contribution in [0.25, 0.3) is 0 Å². The van der Waals surface area contributed by atoms with Crippen molar-refractivity contribution in [2.45, 2.75) is 25.8 Å². The quantitative estimate of drug-likeness (QED) is 0.867. The van der Waals surface area contributed by atoms with Crippen LogP contribution in [0.4, 0.5) is 5.69 Å². The molecule has 0 radical (unpaired) electrons. The number of nitrogens with one attached hydrogen (secondary N) is 1. The number of amides is 1. The summed E-state index contributed by atoms with van der Waals surface area (Å²) in [4.78, 5) is 17.3. The fourth-order valence-electron chi connectivity index (χ4n) is 4.13. The van der Waals surface area contributed by atoms with Crippen molar-refractivity contribution in [1.29, 1.82) is 0 Å². The highest BCUT2D eigenvalue weighted by Gasteiger charge is 2.26. The van der Waals surface area contributed by atoms with Gasteiger partial charge in [-0.1, -0.05) is 18.2 Å². The molecule has 26 heavy (non-hydrogen) atoms. The molecule has 1 fully saturated rings.